The number of halogens is 6. The van der Waals surface area contributed by atoms with E-state index in [1.807, 2.05) is 0 Å². The van der Waals surface area contributed by atoms with Crippen molar-refractivity contribution in [2.45, 2.75) is 66.5 Å². The van der Waals surface area contributed by atoms with Crippen molar-refractivity contribution in [1.82, 2.24) is 9.78 Å². The Labute approximate surface area is 202 Å². The maximum atomic E-state index is 13.4. The van der Waals surface area contributed by atoms with Gasteiger partial charge < -0.3 is 9.47 Å². The van der Waals surface area contributed by atoms with Crippen LogP contribution in [0.3, 0.4) is 0 Å². The zero-order valence-corrected chi connectivity index (χ0v) is 20.5. The molecule has 2 heterocycles. The van der Waals surface area contributed by atoms with Crippen LogP contribution in [0.2, 0.25) is 0 Å². The number of ether oxygens (including phenoxy) is 2. The molecule has 2 aromatic rings. The van der Waals surface area contributed by atoms with E-state index in [9.17, 15) is 34.8 Å². The molecular formula is C21H24F6N2O4S2. The highest BCUT2D eigenvalue weighted by Gasteiger charge is 2.46. The molecule has 14 heteroatoms. The van der Waals surface area contributed by atoms with Gasteiger partial charge in [-0.05, 0) is 51.0 Å². The molecule has 6 nitrogen and oxygen atoms in total. The number of benzene rings is 1. The van der Waals surface area contributed by atoms with E-state index in [0.29, 0.717) is 30.1 Å². The van der Waals surface area contributed by atoms with Gasteiger partial charge >= 0.3 is 12.4 Å². The molecule has 0 bridgehead atoms. The quantitative estimate of drug-likeness (QED) is 0.316. The molecule has 1 aliphatic heterocycles. The Hall–Kier alpha value is -1.77. The molecule has 3 rings (SSSR count). The topological polar surface area (TPSA) is 70.4 Å². The number of thioether (sulfide) groups is 1. The summed E-state index contributed by atoms with van der Waals surface area (Å²) in [6.45, 7) is 3.34. The fourth-order valence-electron chi connectivity index (χ4n) is 3.70. The van der Waals surface area contributed by atoms with Crippen molar-refractivity contribution < 1.29 is 44.2 Å². The maximum absolute atomic E-state index is 13.4. The molecular weight excluding hydrogens is 522 g/mol. The van der Waals surface area contributed by atoms with Gasteiger partial charge in [0.1, 0.15) is 17.9 Å². The van der Waals surface area contributed by atoms with Crippen molar-refractivity contribution in [2.75, 3.05) is 19.0 Å². The van der Waals surface area contributed by atoms with Crippen molar-refractivity contribution in [3.63, 3.8) is 0 Å². The van der Waals surface area contributed by atoms with Crippen molar-refractivity contribution in [1.29, 1.82) is 0 Å². The standard InChI is InChI=1S/C21H24F6N2O4S2/c1-3-32-13-29-16(10-18(28-29)34-12-20(22,23)24)17-11-19(2,7-8-33-17)35(30,31)15-6-4-5-14(9-15)21(25,26)27/h4-6,9-10,17H,3,7-8,11-13H2,1-2H3. The first-order valence-corrected chi connectivity index (χ1v) is 13.0. The molecule has 0 radical (unpaired) electrons. The lowest BCUT2D eigenvalue weighted by atomic mass is 9.95. The molecule has 2 unspecified atom stereocenters. The van der Waals surface area contributed by atoms with Crippen LogP contribution in [0.15, 0.2) is 40.3 Å². The second-order valence-corrected chi connectivity index (χ2v) is 11.7. The lowest BCUT2D eigenvalue weighted by Gasteiger charge is -2.37. The molecule has 35 heavy (non-hydrogen) atoms. The van der Waals surface area contributed by atoms with Gasteiger partial charge in [-0.25, -0.2) is 13.1 Å². The van der Waals surface area contributed by atoms with Gasteiger partial charge in [0.25, 0.3) is 0 Å². The van der Waals surface area contributed by atoms with Crippen molar-refractivity contribution >= 4 is 21.6 Å². The van der Waals surface area contributed by atoms with Crippen molar-refractivity contribution in [2.24, 2.45) is 0 Å². The van der Waals surface area contributed by atoms with Gasteiger partial charge in [0.2, 0.25) is 0 Å². The van der Waals surface area contributed by atoms with Gasteiger partial charge in [0.15, 0.2) is 9.84 Å². The van der Waals surface area contributed by atoms with E-state index in [-0.39, 0.29) is 31.2 Å². The number of nitrogens with zero attached hydrogens (tertiary/aromatic N) is 2. The highest BCUT2D eigenvalue weighted by Crippen LogP contribution is 2.43. The number of alkyl halides is 6. The lowest BCUT2D eigenvalue weighted by molar-refractivity contribution is -0.137. The summed E-state index contributed by atoms with van der Waals surface area (Å²) in [7, 11) is -4.23. The van der Waals surface area contributed by atoms with E-state index in [0.717, 1.165) is 18.2 Å². The maximum Gasteiger partial charge on any atom is 0.416 e. The Bertz CT molecular complexity index is 1130. The van der Waals surface area contributed by atoms with Crippen LogP contribution in [0.4, 0.5) is 26.3 Å². The van der Waals surface area contributed by atoms with Gasteiger partial charge in [0.05, 0.1) is 26.7 Å². The summed E-state index contributed by atoms with van der Waals surface area (Å²) in [5, 5.41) is 4.20. The Morgan fingerprint density at radius 1 is 1.23 bits per heavy atom. The van der Waals surface area contributed by atoms with E-state index in [1.165, 1.54) is 17.7 Å². The van der Waals surface area contributed by atoms with Crippen LogP contribution in [-0.2, 0) is 32.2 Å². The van der Waals surface area contributed by atoms with Crippen LogP contribution in [0.1, 0.15) is 44.1 Å². The third kappa shape index (κ3) is 6.52. The minimum absolute atomic E-state index is 0.0236. The Kier molecular flexibility index (Phi) is 8.19. The van der Waals surface area contributed by atoms with Crippen LogP contribution in [0.5, 0.6) is 0 Å². The van der Waals surface area contributed by atoms with Crippen molar-refractivity contribution in [3.05, 3.63) is 41.6 Å². The normalized spacial score (nSPS) is 21.9. The van der Waals surface area contributed by atoms with Gasteiger partial charge in [0, 0.05) is 13.2 Å². The first-order chi connectivity index (χ1) is 16.2. The predicted octanol–water partition coefficient (Wildman–Crippen LogP) is 5.63. The molecule has 1 aromatic carbocycles. The first-order valence-electron chi connectivity index (χ1n) is 10.5. The van der Waals surface area contributed by atoms with E-state index in [4.69, 9.17) is 9.47 Å². The molecule has 0 amide bonds. The second-order valence-electron chi connectivity index (χ2n) is 8.23. The predicted molar refractivity (Wildman–Crippen MR) is 116 cm³/mol. The van der Waals surface area contributed by atoms with Crippen LogP contribution in [0.25, 0.3) is 0 Å². The number of aromatic nitrogens is 2. The Morgan fingerprint density at radius 3 is 2.57 bits per heavy atom. The largest absolute Gasteiger partial charge is 0.416 e. The molecule has 0 saturated carbocycles. The number of hydrogen-bond acceptors (Lipinski definition) is 6. The van der Waals surface area contributed by atoms with E-state index < -0.39 is 49.3 Å². The third-order valence-electron chi connectivity index (χ3n) is 5.61. The summed E-state index contributed by atoms with van der Waals surface area (Å²) in [5.41, 5.74) is -0.750. The van der Waals surface area contributed by atoms with E-state index in [2.05, 4.69) is 5.10 Å². The number of hydrogen-bond donors (Lipinski definition) is 0. The zero-order chi connectivity index (χ0) is 26.1. The minimum Gasteiger partial charge on any atom is -0.372 e. The second kappa shape index (κ2) is 10.3. The van der Waals surface area contributed by atoms with E-state index >= 15 is 0 Å². The van der Waals surface area contributed by atoms with E-state index in [1.54, 1.807) is 6.92 Å². The Balaban J connectivity index is 1.92. The number of sulfone groups is 1. The third-order valence-corrected chi connectivity index (χ3v) is 9.12. The van der Waals surface area contributed by atoms with Crippen LogP contribution in [0, 0.1) is 0 Å². The molecule has 196 valence electrons. The van der Waals surface area contributed by atoms with Crippen LogP contribution in [-0.4, -0.2) is 48.1 Å². The van der Waals surface area contributed by atoms with Crippen LogP contribution >= 0.6 is 11.8 Å². The average molecular weight is 547 g/mol. The van der Waals surface area contributed by atoms with Gasteiger partial charge in [-0.2, -0.15) is 31.4 Å². The molecule has 2 atom stereocenters. The molecule has 1 aromatic heterocycles. The SMILES string of the molecule is CCOCn1nc(SCC(F)(F)F)cc1C1CC(C)(S(=O)(=O)c2cccc(C(F)(F)F)c2)CCO1. The molecule has 0 N–H and O–H groups in total. The number of rotatable bonds is 8. The average Bonchev–Trinajstić information content (AvgIpc) is 3.18. The zero-order valence-electron chi connectivity index (χ0n) is 18.8. The van der Waals surface area contributed by atoms with Gasteiger partial charge in [-0.1, -0.05) is 17.8 Å². The highest BCUT2D eigenvalue weighted by molar-refractivity contribution is 7.99. The minimum atomic E-state index is -4.71. The molecule has 0 spiro atoms. The summed E-state index contributed by atoms with van der Waals surface area (Å²) < 4.78 is 115. The summed E-state index contributed by atoms with van der Waals surface area (Å²) in [6, 6.07) is 4.95. The van der Waals surface area contributed by atoms with Gasteiger partial charge in [-0.15, -0.1) is 0 Å². The summed E-state index contributed by atoms with van der Waals surface area (Å²) in [4.78, 5) is -0.459. The van der Waals surface area contributed by atoms with Gasteiger partial charge in [-0.3, -0.25) is 0 Å². The lowest BCUT2D eigenvalue weighted by Crippen LogP contribution is -2.42. The molecule has 1 aliphatic rings. The summed E-state index contributed by atoms with van der Waals surface area (Å²) in [5.74, 6) is -1.16. The smallest absolute Gasteiger partial charge is 0.372 e. The fraction of sp³-hybridized carbons (Fsp3) is 0.571. The van der Waals surface area contributed by atoms with Crippen molar-refractivity contribution in [3.8, 4) is 0 Å². The summed E-state index contributed by atoms with van der Waals surface area (Å²) >= 11 is 0.473. The molecule has 0 aliphatic carbocycles. The molecule has 1 saturated heterocycles. The first kappa shape index (κ1) is 27.8. The fourth-order valence-corrected chi connectivity index (χ4v) is 6.21. The highest BCUT2D eigenvalue weighted by atomic mass is 32.2. The Morgan fingerprint density at radius 2 is 1.94 bits per heavy atom. The summed E-state index contributed by atoms with van der Waals surface area (Å²) in [6.07, 6.45) is -10.1. The van der Waals surface area contributed by atoms with Crippen LogP contribution < -0.4 is 0 Å². The monoisotopic (exact) mass is 546 g/mol. The molecule has 1 fully saturated rings.